The minimum absolute atomic E-state index is 0.0184. The van der Waals surface area contributed by atoms with E-state index in [0.717, 1.165) is 16.8 Å². The van der Waals surface area contributed by atoms with Crippen molar-refractivity contribution in [2.45, 2.75) is 18.9 Å². The van der Waals surface area contributed by atoms with Gasteiger partial charge in [0.1, 0.15) is 0 Å². The summed E-state index contributed by atoms with van der Waals surface area (Å²) >= 11 is 0. The van der Waals surface area contributed by atoms with Gasteiger partial charge in [0, 0.05) is 30.3 Å². The summed E-state index contributed by atoms with van der Waals surface area (Å²) < 4.78 is 9.68. The number of rotatable bonds is 7. The number of hydrogen-bond acceptors (Lipinski definition) is 7. The molecule has 28 heavy (non-hydrogen) atoms. The van der Waals surface area contributed by atoms with Crippen LogP contribution < -0.4 is 5.32 Å². The van der Waals surface area contributed by atoms with E-state index >= 15 is 0 Å². The fourth-order valence-corrected chi connectivity index (χ4v) is 3.47. The quantitative estimate of drug-likeness (QED) is 0.338. The molecule has 0 aliphatic heterocycles. The molecule has 2 aromatic rings. The Hall–Kier alpha value is -3.42. The number of ether oxygens (including phenoxy) is 2. The molecule has 0 spiro atoms. The minimum atomic E-state index is -1.30. The summed E-state index contributed by atoms with van der Waals surface area (Å²) in [6, 6.07) is 13.6. The minimum Gasteiger partial charge on any atom is -0.468 e. The van der Waals surface area contributed by atoms with E-state index in [2.05, 4.69) is 5.32 Å². The molecule has 8 heteroatoms. The van der Waals surface area contributed by atoms with Gasteiger partial charge < -0.3 is 14.8 Å². The van der Waals surface area contributed by atoms with Crippen molar-refractivity contribution in [3.63, 3.8) is 0 Å². The van der Waals surface area contributed by atoms with Crippen LogP contribution in [0.25, 0.3) is 0 Å². The number of esters is 2. The van der Waals surface area contributed by atoms with Crippen LogP contribution in [0.3, 0.4) is 0 Å². The van der Waals surface area contributed by atoms with E-state index in [1.807, 2.05) is 24.3 Å². The normalized spacial score (nSPS) is 16.7. The van der Waals surface area contributed by atoms with E-state index in [9.17, 15) is 19.7 Å². The maximum Gasteiger partial charge on any atom is 0.323 e. The second-order valence-corrected chi connectivity index (χ2v) is 6.57. The first-order valence-electron chi connectivity index (χ1n) is 8.67. The molecule has 146 valence electrons. The van der Waals surface area contributed by atoms with Crippen molar-refractivity contribution in [3.05, 3.63) is 69.8 Å². The van der Waals surface area contributed by atoms with E-state index in [1.54, 1.807) is 12.1 Å². The number of nitro groups is 1. The summed E-state index contributed by atoms with van der Waals surface area (Å²) in [6.45, 7) is 0.433. The molecule has 1 saturated carbocycles. The number of nitrogens with zero attached hydrogens (tertiary/aromatic N) is 1. The largest absolute Gasteiger partial charge is 0.468 e. The molecule has 1 aliphatic rings. The number of hydrogen-bond donors (Lipinski definition) is 1. The molecule has 0 saturated heterocycles. The van der Waals surface area contributed by atoms with Gasteiger partial charge in [0.2, 0.25) is 0 Å². The third kappa shape index (κ3) is 3.40. The first-order chi connectivity index (χ1) is 13.4. The molecule has 0 aromatic heterocycles. The van der Waals surface area contributed by atoms with Crippen LogP contribution in [0.1, 0.15) is 23.5 Å². The van der Waals surface area contributed by atoms with Crippen molar-refractivity contribution in [1.29, 1.82) is 0 Å². The predicted molar refractivity (Wildman–Crippen MR) is 101 cm³/mol. The molecule has 1 aliphatic carbocycles. The molecule has 0 amide bonds. The van der Waals surface area contributed by atoms with Crippen molar-refractivity contribution in [2.24, 2.45) is 5.41 Å². The molecule has 0 bridgehead atoms. The summed E-state index contributed by atoms with van der Waals surface area (Å²) in [5, 5.41) is 14.0. The second kappa shape index (κ2) is 7.67. The zero-order chi connectivity index (χ0) is 20.3. The Morgan fingerprint density at radius 3 is 2.29 bits per heavy atom. The Labute approximate surface area is 161 Å². The summed E-state index contributed by atoms with van der Waals surface area (Å²) in [5.74, 6) is -1.51. The summed E-state index contributed by atoms with van der Waals surface area (Å²) in [4.78, 5) is 34.8. The molecule has 3 rings (SSSR count). The molecular formula is C20H20N2O6. The monoisotopic (exact) mass is 384 g/mol. The van der Waals surface area contributed by atoms with E-state index in [0.29, 0.717) is 13.0 Å². The topological polar surface area (TPSA) is 108 Å². The van der Waals surface area contributed by atoms with Gasteiger partial charge in [0.05, 0.1) is 19.1 Å². The standard InChI is InChI=1S/C20H20N2O6/c1-27-18(23)20(19(24)28-2)11-17(20)16-6-4-3-5-13(16)12-21-14-7-9-15(10-8-14)22(25)26/h3-10,17,21H,11-12H2,1-2H3. The fraction of sp³-hybridized carbons (Fsp3) is 0.300. The molecule has 1 N–H and O–H groups in total. The Balaban J connectivity index is 1.79. The maximum atomic E-state index is 12.3. The van der Waals surface area contributed by atoms with Crippen LogP contribution in [-0.2, 0) is 25.6 Å². The van der Waals surface area contributed by atoms with Gasteiger partial charge in [-0.3, -0.25) is 19.7 Å². The molecular weight excluding hydrogens is 364 g/mol. The van der Waals surface area contributed by atoms with Crippen LogP contribution in [-0.4, -0.2) is 31.1 Å². The first-order valence-corrected chi connectivity index (χ1v) is 8.67. The Bertz CT molecular complexity index is 893. The molecule has 2 aromatic carbocycles. The highest BCUT2D eigenvalue weighted by atomic mass is 16.6. The van der Waals surface area contributed by atoms with Gasteiger partial charge in [-0.15, -0.1) is 0 Å². The highest BCUT2D eigenvalue weighted by Gasteiger charge is 2.68. The molecule has 0 radical (unpaired) electrons. The average molecular weight is 384 g/mol. The number of methoxy groups -OCH3 is 2. The van der Waals surface area contributed by atoms with Crippen molar-refractivity contribution in [3.8, 4) is 0 Å². The van der Waals surface area contributed by atoms with Crippen LogP contribution in [0.5, 0.6) is 0 Å². The van der Waals surface area contributed by atoms with Crippen molar-refractivity contribution >= 4 is 23.3 Å². The van der Waals surface area contributed by atoms with Crippen molar-refractivity contribution in [1.82, 2.24) is 0 Å². The molecule has 1 atom stereocenters. The third-order valence-electron chi connectivity index (χ3n) is 5.05. The lowest BCUT2D eigenvalue weighted by Crippen LogP contribution is -2.30. The molecule has 1 unspecified atom stereocenters. The molecule has 1 fully saturated rings. The highest BCUT2D eigenvalue weighted by molar-refractivity contribution is 6.05. The number of nitrogens with one attached hydrogen (secondary N) is 1. The van der Waals surface area contributed by atoms with Crippen LogP contribution in [0.15, 0.2) is 48.5 Å². The van der Waals surface area contributed by atoms with Crippen molar-refractivity contribution < 1.29 is 24.0 Å². The second-order valence-electron chi connectivity index (χ2n) is 6.57. The van der Waals surface area contributed by atoms with Crippen LogP contribution >= 0.6 is 0 Å². The maximum absolute atomic E-state index is 12.3. The van der Waals surface area contributed by atoms with Crippen LogP contribution in [0, 0.1) is 15.5 Å². The van der Waals surface area contributed by atoms with Gasteiger partial charge in [0.15, 0.2) is 5.41 Å². The van der Waals surface area contributed by atoms with Gasteiger partial charge >= 0.3 is 11.9 Å². The average Bonchev–Trinajstić information content (AvgIpc) is 3.48. The Morgan fingerprint density at radius 2 is 1.71 bits per heavy atom. The molecule has 0 heterocycles. The van der Waals surface area contributed by atoms with Crippen LogP contribution in [0.2, 0.25) is 0 Å². The zero-order valence-corrected chi connectivity index (χ0v) is 15.5. The van der Waals surface area contributed by atoms with Gasteiger partial charge in [0.25, 0.3) is 5.69 Å². The van der Waals surface area contributed by atoms with Gasteiger partial charge in [-0.2, -0.15) is 0 Å². The zero-order valence-electron chi connectivity index (χ0n) is 15.5. The van der Waals surface area contributed by atoms with E-state index in [-0.39, 0.29) is 11.6 Å². The summed E-state index contributed by atoms with van der Waals surface area (Å²) in [5.41, 5.74) is 1.23. The number of anilines is 1. The van der Waals surface area contributed by atoms with E-state index < -0.39 is 22.3 Å². The van der Waals surface area contributed by atoms with Crippen LogP contribution in [0.4, 0.5) is 11.4 Å². The first kappa shape index (κ1) is 19.3. The van der Waals surface area contributed by atoms with E-state index in [4.69, 9.17) is 9.47 Å². The number of nitro benzene ring substituents is 1. The lowest BCUT2D eigenvalue weighted by Gasteiger charge is -2.15. The lowest BCUT2D eigenvalue weighted by molar-refractivity contribution is -0.384. The van der Waals surface area contributed by atoms with E-state index in [1.165, 1.54) is 26.4 Å². The number of carbonyl (C=O) groups is 2. The lowest BCUT2D eigenvalue weighted by atomic mass is 9.95. The summed E-state index contributed by atoms with van der Waals surface area (Å²) in [6.07, 6.45) is 0.334. The number of non-ortho nitro benzene ring substituents is 1. The SMILES string of the molecule is COC(=O)C1(C(=O)OC)CC1c1ccccc1CNc1ccc([N+](=O)[O-])cc1. The van der Waals surface area contributed by atoms with Gasteiger partial charge in [-0.05, 0) is 29.7 Å². The van der Waals surface area contributed by atoms with Gasteiger partial charge in [-0.25, -0.2) is 0 Å². The Kier molecular flexibility index (Phi) is 5.30. The Morgan fingerprint density at radius 1 is 1.11 bits per heavy atom. The fourth-order valence-electron chi connectivity index (χ4n) is 3.47. The third-order valence-corrected chi connectivity index (χ3v) is 5.05. The summed E-state index contributed by atoms with van der Waals surface area (Å²) in [7, 11) is 2.51. The highest BCUT2D eigenvalue weighted by Crippen LogP contribution is 2.61. The number of benzene rings is 2. The molecule has 8 nitrogen and oxygen atoms in total. The van der Waals surface area contributed by atoms with Gasteiger partial charge in [-0.1, -0.05) is 24.3 Å². The van der Waals surface area contributed by atoms with Crippen molar-refractivity contribution in [2.75, 3.05) is 19.5 Å². The predicted octanol–water partition coefficient (Wildman–Crippen LogP) is 3.03. The smallest absolute Gasteiger partial charge is 0.323 e. The number of carbonyl (C=O) groups excluding carboxylic acids is 2.